The lowest BCUT2D eigenvalue weighted by atomic mass is 9.33. The lowest BCUT2D eigenvalue weighted by molar-refractivity contribution is -0.211. The topological polar surface area (TPSA) is 123 Å². The molecule has 5 aliphatic carbocycles. The van der Waals surface area contributed by atoms with E-state index in [-0.39, 0.29) is 51.7 Å². The van der Waals surface area contributed by atoms with Crippen molar-refractivity contribution in [2.45, 2.75) is 119 Å². The molecule has 1 aromatic carbocycles. The van der Waals surface area contributed by atoms with E-state index < -0.39 is 11.3 Å². The first-order valence-corrected chi connectivity index (χ1v) is 19.7. The van der Waals surface area contributed by atoms with E-state index in [0.29, 0.717) is 35.0 Å². The second-order valence-electron chi connectivity index (χ2n) is 18.9. The number of esters is 2. The number of carbonyl (C=O) groups is 3. The van der Waals surface area contributed by atoms with Crippen molar-refractivity contribution in [2.75, 3.05) is 27.9 Å². The van der Waals surface area contributed by atoms with E-state index in [9.17, 15) is 14.4 Å². The molecule has 0 aromatic heterocycles. The first-order valence-electron chi connectivity index (χ1n) is 19.7. The summed E-state index contributed by atoms with van der Waals surface area (Å²) < 4.78 is 28.1. The van der Waals surface area contributed by atoms with Crippen LogP contribution in [0.15, 0.2) is 29.9 Å². The Hall–Kier alpha value is -3.49. The molecule has 6 rings (SSSR count). The fourth-order valence-corrected chi connectivity index (χ4v) is 12.6. The second kappa shape index (κ2) is 13.7. The van der Waals surface area contributed by atoms with Gasteiger partial charge in [0, 0.05) is 11.5 Å². The molecule has 292 valence electrons. The van der Waals surface area contributed by atoms with Crippen molar-refractivity contribution < 1.29 is 38.1 Å². The van der Waals surface area contributed by atoms with Crippen LogP contribution >= 0.6 is 0 Å². The van der Waals surface area contributed by atoms with Gasteiger partial charge in [-0.15, -0.1) is 0 Å². The van der Waals surface area contributed by atoms with E-state index in [4.69, 9.17) is 29.4 Å². The zero-order valence-electron chi connectivity index (χ0n) is 33.8. The molecule has 53 heavy (non-hydrogen) atoms. The molecule has 9 nitrogen and oxygen atoms in total. The van der Waals surface area contributed by atoms with Crippen LogP contribution in [0.3, 0.4) is 0 Å². The zero-order chi connectivity index (χ0) is 38.8. The Kier molecular flexibility index (Phi) is 10.1. The van der Waals surface area contributed by atoms with Crippen molar-refractivity contribution in [3.63, 3.8) is 0 Å². The molecular weight excluding hydrogens is 670 g/mol. The number of rotatable bonds is 9. The van der Waals surface area contributed by atoms with Gasteiger partial charge in [0.15, 0.2) is 18.1 Å². The fourth-order valence-electron chi connectivity index (χ4n) is 12.6. The van der Waals surface area contributed by atoms with Crippen LogP contribution in [0.4, 0.5) is 0 Å². The standard InChI is InChI=1S/C44H63NO8/c1-39(2)32-15-18-44(7)33(13-12-28-29-25-41(4,38(48)52-26-35(45)46)20-19-40(29,3)21-22-43(28,44)6)42(32,5)17-16-34(39)53-36(47)14-11-27-23-30(49-8)37(51-10)31(24-27)50-9/h11-12,14,23-24,29,32-34H,13,15-22,25-26H2,1-10H3,(H2,45,46)/b14-11+/t29-,32-,33+,34-,40+,41-,42-,43+,44+/m0/s1. The number of carbonyl (C=O) groups excluding carboxylic acids is 3. The highest BCUT2D eigenvalue weighted by molar-refractivity contribution is 5.87. The molecular formula is C44H63NO8. The minimum atomic E-state index is -0.635. The van der Waals surface area contributed by atoms with Gasteiger partial charge in [-0.1, -0.05) is 53.2 Å². The normalized spacial score (nSPS) is 38.6. The van der Waals surface area contributed by atoms with Gasteiger partial charge in [-0.05, 0) is 134 Å². The average molecular weight is 734 g/mol. The summed E-state index contributed by atoms with van der Waals surface area (Å²) in [5, 5.41) is 0. The molecule has 4 fully saturated rings. The molecule has 0 bridgehead atoms. The number of nitrogens with two attached hydrogens (primary N) is 1. The summed E-state index contributed by atoms with van der Waals surface area (Å²) in [6, 6.07) is 3.62. The minimum absolute atomic E-state index is 0.0223. The molecule has 1 aromatic rings. The zero-order valence-corrected chi connectivity index (χ0v) is 33.8. The Morgan fingerprint density at radius 1 is 0.830 bits per heavy atom. The Balaban J connectivity index is 1.21. The van der Waals surface area contributed by atoms with Crippen LogP contribution in [0, 0.1) is 50.2 Å². The van der Waals surface area contributed by atoms with Crippen LogP contribution in [-0.2, 0) is 23.9 Å². The van der Waals surface area contributed by atoms with Crippen molar-refractivity contribution in [1.29, 1.82) is 0 Å². The summed E-state index contributed by atoms with van der Waals surface area (Å²) in [4.78, 5) is 38.2. The quantitative estimate of drug-likeness (QED) is 0.152. The summed E-state index contributed by atoms with van der Waals surface area (Å²) in [6.07, 6.45) is 15.5. The molecule has 2 N–H and O–H groups in total. The van der Waals surface area contributed by atoms with Gasteiger partial charge in [0.2, 0.25) is 5.75 Å². The van der Waals surface area contributed by atoms with E-state index in [0.717, 1.165) is 69.8 Å². The van der Waals surface area contributed by atoms with Crippen LogP contribution in [0.1, 0.15) is 118 Å². The van der Waals surface area contributed by atoms with E-state index in [1.54, 1.807) is 33.0 Å². The van der Waals surface area contributed by atoms with Gasteiger partial charge in [0.05, 0.1) is 26.7 Å². The van der Waals surface area contributed by atoms with E-state index in [1.165, 1.54) is 6.08 Å². The number of amides is 1. The first kappa shape index (κ1) is 39.2. The molecule has 0 saturated heterocycles. The smallest absolute Gasteiger partial charge is 0.331 e. The predicted molar refractivity (Wildman–Crippen MR) is 204 cm³/mol. The van der Waals surface area contributed by atoms with Gasteiger partial charge in [-0.3, -0.25) is 9.59 Å². The van der Waals surface area contributed by atoms with Gasteiger partial charge in [-0.2, -0.15) is 0 Å². The fraction of sp³-hybridized carbons (Fsp3) is 0.705. The van der Waals surface area contributed by atoms with Crippen molar-refractivity contribution in [1.82, 2.24) is 0 Å². The maximum absolute atomic E-state index is 13.4. The largest absolute Gasteiger partial charge is 0.493 e. The highest BCUT2D eigenvalue weighted by Crippen LogP contribution is 2.75. The van der Waals surface area contributed by atoms with Gasteiger partial charge in [0.1, 0.15) is 6.10 Å². The van der Waals surface area contributed by atoms with Gasteiger partial charge in [-0.25, -0.2) is 4.79 Å². The molecule has 9 atom stereocenters. The van der Waals surface area contributed by atoms with E-state index in [2.05, 4.69) is 47.6 Å². The average Bonchev–Trinajstić information content (AvgIpc) is 3.11. The first-order chi connectivity index (χ1) is 24.8. The molecule has 0 unspecified atom stereocenters. The van der Waals surface area contributed by atoms with Crippen LogP contribution in [0.5, 0.6) is 17.2 Å². The van der Waals surface area contributed by atoms with Crippen LogP contribution < -0.4 is 19.9 Å². The third-order valence-corrected chi connectivity index (χ3v) is 16.0. The summed E-state index contributed by atoms with van der Waals surface area (Å²) in [6.45, 7) is 16.4. The number of hydrogen-bond acceptors (Lipinski definition) is 8. The lowest BCUT2D eigenvalue weighted by Crippen LogP contribution is -2.64. The van der Waals surface area contributed by atoms with E-state index >= 15 is 0 Å². The van der Waals surface area contributed by atoms with Crippen LogP contribution in [0.25, 0.3) is 6.08 Å². The predicted octanol–water partition coefficient (Wildman–Crippen LogP) is 8.47. The summed E-state index contributed by atoms with van der Waals surface area (Å²) >= 11 is 0. The second-order valence-corrected chi connectivity index (χ2v) is 18.9. The van der Waals surface area contributed by atoms with Gasteiger partial charge < -0.3 is 29.4 Å². The van der Waals surface area contributed by atoms with Crippen LogP contribution in [-0.4, -0.2) is 51.9 Å². The summed E-state index contributed by atoms with van der Waals surface area (Å²) in [7, 11) is 4.71. The Labute approximate surface area is 316 Å². The highest BCUT2D eigenvalue weighted by Gasteiger charge is 2.68. The Morgan fingerprint density at radius 3 is 2.11 bits per heavy atom. The van der Waals surface area contributed by atoms with Crippen molar-refractivity contribution >= 4 is 23.9 Å². The number of ether oxygens (including phenoxy) is 5. The number of allylic oxidation sites excluding steroid dienone is 2. The third-order valence-electron chi connectivity index (χ3n) is 16.0. The molecule has 0 radical (unpaired) electrons. The molecule has 0 spiro atoms. The SMILES string of the molecule is COc1cc(/C=C/C(=O)O[C@H]2CC[C@]3(C)[C@H]4CC=C5[C@@H]6C[C@@](C)(C(=O)OCC(N)=O)CC[C@]6(C)CC[C@@]5(C)[C@]4(C)CC[C@H]3C2(C)C)cc(OC)c1OC. The number of primary amides is 1. The van der Waals surface area contributed by atoms with Crippen molar-refractivity contribution in [2.24, 2.45) is 56.0 Å². The maximum atomic E-state index is 13.4. The van der Waals surface area contributed by atoms with Gasteiger partial charge >= 0.3 is 11.9 Å². The number of methoxy groups -OCH3 is 3. The summed E-state index contributed by atoms with van der Waals surface area (Å²) in [5.41, 5.74) is 7.16. The highest BCUT2D eigenvalue weighted by atomic mass is 16.5. The Bertz CT molecular complexity index is 1670. The minimum Gasteiger partial charge on any atom is -0.493 e. The monoisotopic (exact) mass is 733 g/mol. The number of hydrogen-bond donors (Lipinski definition) is 1. The number of benzene rings is 1. The van der Waals surface area contributed by atoms with Crippen molar-refractivity contribution in [3.8, 4) is 17.2 Å². The lowest BCUT2D eigenvalue weighted by Gasteiger charge is -2.71. The van der Waals surface area contributed by atoms with Gasteiger partial charge in [0.25, 0.3) is 5.91 Å². The van der Waals surface area contributed by atoms with Crippen molar-refractivity contribution in [3.05, 3.63) is 35.4 Å². The molecule has 4 saturated carbocycles. The summed E-state index contributed by atoms with van der Waals surface area (Å²) in [5.74, 6) is 1.49. The molecule has 0 aliphatic heterocycles. The Morgan fingerprint density at radius 2 is 1.49 bits per heavy atom. The molecule has 1 amide bonds. The maximum Gasteiger partial charge on any atom is 0.331 e. The molecule has 9 heteroatoms. The third kappa shape index (κ3) is 6.26. The van der Waals surface area contributed by atoms with Crippen LogP contribution in [0.2, 0.25) is 0 Å². The molecule has 0 heterocycles. The van der Waals surface area contributed by atoms with E-state index in [1.807, 2.05) is 19.1 Å². The number of fused-ring (bicyclic) bond motifs is 7. The molecule has 5 aliphatic rings.